The molecule has 1 amide bonds. The Kier molecular flexibility index (Phi) is 5.05. The smallest absolute Gasteiger partial charge is 0.417 e. The van der Waals surface area contributed by atoms with Crippen LogP contribution in [0.1, 0.15) is 24.4 Å². The van der Waals surface area contributed by atoms with Crippen LogP contribution in [-0.2, 0) is 21.4 Å². The number of rotatable bonds is 5. The van der Waals surface area contributed by atoms with E-state index in [1.807, 2.05) is 13.0 Å². The Labute approximate surface area is 166 Å². The number of aromatic amines is 1. The number of hydrogen-bond acceptors (Lipinski definition) is 6. The maximum Gasteiger partial charge on any atom is 0.417 e. The third kappa shape index (κ3) is 3.99. The molecule has 1 atom stereocenters. The zero-order valence-corrected chi connectivity index (χ0v) is 16.6. The summed E-state index contributed by atoms with van der Waals surface area (Å²) < 4.78 is 37.8. The molecule has 2 N–H and O–H groups in total. The Morgan fingerprint density at radius 1 is 1.28 bits per heavy atom. The lowest BCUT2D eigenvalue weighted by molar-refractivity contribution is -0.126. The first-order valence-electron chi connectivity index (χ1n) is 9.29. The normalized spacial score (nSPS) is 18.2. The quantitative estimate of drug-likeness (QED) is 0.649. The van der Waals surface area contributed by atoms with E-state index in [9.17, 15) is 18.0 Å². The molecule has 0 spiro atoms. The predicted octanol–water partition coefficient (Wildman–Crippen LogP) is 1.74. The fourth-order valence-electron chi connectivity index (χ4n) is 3.51. The summed E-state index contributed by atoms with van der Waals surface area (Å²) in [6, 6.07) is 7.85. The summed E-state index contributed by atoms with van der Waals surface area (Å²) in [5.41, 5.74) is 0.606. The molecule has 29 heavy (non-hydrogen) atoms. The van der Waals surface area contributed by atoms with Crippen molar-refractivity contribution in [3.05, 3.63) is 52.4 Å². The van der Waals surface area contributed by atoms with Gasteiger partial charge in [-0.25, -0.2) is 13.2 Å². The molecule has 3 heterocycles. The van der Waals surface area contributed by atoms with Gasteiger partial charge in [-0.15, -0.1) is 0 Å². The van der Waals surface area contributed by atoms with Crippen molar-refractivity contribution in [1.29, 1.82) is 0 Å². The molecule has 1 saturated heterocycles. The van der Waals surface area contributed by atoms with Crippen molar-refractivity contribution in [2.45, 2.75) is 31.2 Å². The summed E-state index contributed by atoms with van der Waals surface area (Å²) in [6.07, 6.45) is 1.19. The second-order valence-corrected chi connectivity index (χ2v) is 9.04. The second kappa shape index (κ2) is 7.53. The number of aryl methyl sites for hydroxylation is 1. The number of nitrogens with zero attached hydrogens (tertiary/aromatic N) is 1. The minimum Gasteiger partial charge on any atom is -0.465 e. The predicted molar refractivity (Wildman–Crippen MR) is 104 cm³/mol. The third-order valence-corrected chi connectivity index (χ3v) is 6.88. The molecule has 1 fully saturated rings. The van der Waals surface area contributed by atoms with Crippen molar-refractivity contribution in [2.24, 2.45) is 5.92 Å². The first kappa shape index (κ1) is 19.5. The van der Waals surface area contributed by atoms with Crippen LogP contribution in [0.5, 0.6) is 0 Å². The van der Waals surface area contributed by atoms with Gasteiger partial charge in [-0.1, -0.05) is 0 Å². The van der Waals surface area contributed by atoms with E-state index in [-0.39, 0.29) is 29.5 Å². The van der Waals surface area contributed by atoms with E-state index in [0.29, 0.717) is 30.7 Å². The van der Waals surface area contributed by atoms with Crippen LogP contribution in [0.15, 0.2) is 48.9 Å². The molecular weight excluding hydrogens is 398 g/mol. The summed E-state index contributed by atoms with van der Waals surface area (Å²) in [7, 11) is -3.82. The minimum atomic E-state index is -3.82. The van der Waals surface area contributed by atoms with E-state index >= 15 is 0 Å². The number of fused-ring (bicyclic) bond motifs is 1. The zero-order chi connectivity index (χ0) is 20.6. The molecule has 1 aliphatic heterocycles. The summed E-state index contributed by atoms with van der Waals surface area (Å²) >= 11 is 0. The van der Waals surface area contributed by atoms with Gasteiger partial charge in [-0.2, -0.15) is 4.31 Å². The van der Waals surface area contributed by atoms with Crippen LogP contribution in [0.2, 0.25) is 0 Å². The van der Waals surface area contributed by atoms with Crippen LogP contribution in [0.3, 0.4) is 0 Å². The number of sulfonamides is 1. The lowest BCUT2D eigenvalue weighted by Crippen LogP contribution is -2.45. The van der Waals surface area contributed by atoms with Gasteiger partial charge in [0.05, 0.1) is 22.9 Å². The minimum absolute atomic E-state index is 0.0277. The highest BCUT2D eigenvalue weighted by Gasteiger charge is 2.33. The van der Waals surface area contributed by atoms with Crippen LogP contribution in [0, 0.1) is 12.8 Å². The molecule has 4 rings (SSSR count). The van der Waals surface area contributed by atoms with Gasteiger partial charge < -0.3 is 14.2 Å². The van der Waals surface area contributed by atoms with E-state index in [2.05, 4.69) is 10.3 Å². The molecular formula is C19H21N3O6S. The Hall–Kier alpha value is -2.85. The van der Waals surface area contributed by atoms with Crippen molar-refractivity contribution in [3.8, 4) is 0 Å². The summed E-state index contributed by atoms with van der Waals surface area (Å²) in [6.45, 7) is 2.52. The van der Waals surface area contributed by atoms with Gasteiger partial charge in [0, 0.05) is 19.2 Å². The number of aromatic nitrogens is 1. The molecule has 0 aliphatic carbocycles. The van der Waals surface area contributed by atoms with Gasteiger partial charge in [0.25, 0.3) is 0 Å². The molecule has 0 unspecified atom stereocenters. The fourth-order valence-corrected chi connectivity index (χ4v) is 5.05. The molecule has 0 bridgehead atoms. The number of carbonyl (C=O) groups is 1. The topological polar surface area (TPSA) is 126 Å². The second-order valence-electron chi connectivity index (χ2n) is 7.10. The standard InChI is InChI=1S/C19H21N3O6S/c1-12-4-5-14(27-12)10-20-18(23)13-3-2-8-22(11-13)29(25,26)15-6-7-16-17(9-15)28-19(24)21-16/h4-7,9,13H,2-3,8,10-11H2,1H3,(H,20,23)(H,21,24)/t13-/m1/s1. The largest absolute Gasteiger partial charge is 0.465 e. The van der Waals surface area contributed by atoms with E-state index in [0.717, 1.165) is 5.76 Å². The van der Waals surface area contributed by atoms with Gasteiger partial charge in [-0.3, -0.25) is 9.78 Å². The number of carbonyl (C=O) groups excluding carboxylic acids is 1. The van der Waals surface area contributed by atoms with Crippen molar-refractivity contribution < 1.29 is 22.0 Å². The van der Waals surface area contributed by atoms with Crippen molar-refractivity contribution >= 4 is 27.0 Å². The zero-order valence-electron chi connectivity index (χ0n) is 15.8. The first-order chi connectivity index (χ1) is 13.8. The first-order valence-corrected chi connectivity index (χ1v) is 10.7. The van der Waals surface area contributed by atoms with E-state index in [1.165, 1.54) is 22.5 Å². The van der Waals surface area contributed by atoms with Crippen molar-refractivity contribution in [3.63, 3.8) is 0 Å². The summed E-state index contributed by atoms with van der Waals surface area (Å²) in [5, 5.41) is 2.81. The average molecular weight is 419 g/mol. The molecule has 2 aromatic heterocycles. The van der Waals surface area contributed by atoms with Gasteiger partial charge in [-0.05, 0) is 44.0 Å². The lowest BCUT2D eigenvalue weighted by atomic mass is 9.99. The maximum atomic E-state index is 13.0. The third-order valence-electron chi connectivity index (χ3n) is 5.02. The molecule has 154 valence electrons. The van der Waals surface area contributed by atoms with E-state index in [4.69, 9.17) is 8.83 Å². The van der Waals surface area contributed by atoms with E-state index < -0.39 is 21.7 Å². The number of benzene rings is 1. The highest BCUT2D eigenvalue weighted by Crippen LogP contribution is 2.25. The van der Waals surface area contributed by atoms with E-state index in [1.54, 1.807) is 6.07 Å². The average Bonchev–Trinajstić information content (AvgIpc) is 3.29. The number of oxazole rings is 1. The van der Waals surface area contributed by atoms with Crippen molar-refractivity contribution in [2.75, 3.05) is 13.1 Å². The lowest BCUT2D eigenvalue weighted by Gasteiger charge is -2.31. The Bertz CT molecular complexity index is 1210. The van der Waals surface area contributed by atoms with Crippen LogP contribution < -0.4 is 11.1 Å². The van der Waals surface area contributed by atoms with Crippen molar-refractivity contribution in [1.82, 2.24) is 14.6 Å². The number of hydrogen-bond donors (Lipinski definition) is 2. The summed E-state index contributed by atoms with van der Waals surface area (Å²) in [4.78, 5) is 26.3. The highest BCUT2D eigenvalue weighted by molar-refractivity contribution is 7.89. The van der Waals surface area contributed by atoms with Gasteiger partial charge in [0.2, 0.25) is 15.9 Å². The fraction of sp³-hybridized carbons (Fsp3) is 0.368. The molecule has 1 aliphatic rings. The molecule has 3 aromatic rings. The Balaban J connectivity index is 1.47. The Morgan fingerprint density at radius 3 is 2.86 bits per heavy atom. The Morgan fingerprint density at radius 2 is 2.10 bits per heavy atom. The van der Waals surface area contributed by atoms with Gasteiger partial charge in [0.15, 0.2) is 5.58 Å². The summed E-state index contributed by atoms with van der Waals surface area (Å²) in [5.74, 6) is 0.127. The molecule has 1 aromatic carbocycles. The number of H-pyrrole nitrogens is 1. The van der Waals surface area contributed by atoms with Crippen LogP contribution in [0.25, 0.3) is 11.1 Å². The van der Waals surface area contributed by atoms with Crippen LogP contribution in [-0.4, -0.2) is 36.7 Å². The highest BCUT2D eigenvalue weighted by atomic mass is 32.2. The van der Waals surface area contributed by atoms with Crippen LogP contribution in [0.4, 0.5) is 0 Å². The van der Waals surface area contributed by atoms with Gasteiger partial charge >= 0.3 is 5.76 Å². The number of piperidine rings is 1. The van der Waals surface area contributed by atoms with Gasteiger partial charge in [0.1, 0.15) is 11.5 Å². The number of furan rings is 1. The van der Waals surface area contributed by atoms with Crippen LogP contribution >= 0.6 is 0 Å². The maximum absolute atomic E-state index is 13.0. The molecule has 10 heteroatoms. The molecule has 0 radical (unpaired) electrons. The monoisotopic (exact) mass is 419 g/mol. The SMILES string of the molecule is Cc1ccc(CNC(=O)[C@@H]2CCCN(S(=O)(=O)c3ccc4[nH]c(=O)oc4c3)C2)o1. The molecule has 0 saturated carbocycles. The molecule has 9 nitrogen and oxygen atoms in total. The number of amides is 1. The number of nitrogens with one attached hydrogen (secondary N) is 2.